The van der Waals surface area contributed by atoms with Crippen molar-refractivity contribution in [2.45, 2.75) is 64.6 Å². The maximum atomic E-state index is 5.86. The summed E-state index contributed by atoms with van der Waals surface area (Å²) in [7, 11) is 0. The molecule has 1 aliphatic heterocycles. The van der Waals surface area contributed by atoms with Gasteiger partial charge in [0.25, 0.3) is 0 Å². The van der Waals surface area contributed by atoms with Crippen LogP contribution in [0.2, 0.25) is 0 Å². The molecule has 0 amide bonds. The Kier molecular flexibility index (Phi) is 5.86. The van der Waals surface area contributed by atoms with Crippen LogP contribution in [0.1, 0.15) is 45.4 Å². The maximum Gasteiger partial charge on any atom is 0.110 e. The van der Waals surface area contributed by atoms with Gasteiger partial charge in [0.1, 0.15) is 5.82 Å². The van der Waals surface area contributed by atoms with Crippen LogP contribution in [0.3, 0.4) is 0 Å². The summed E-state index contributed by atoms with van der Waals surface area (Å²) in [6.45, 7) is 7.27. The van der Waals surface area contributed by atoms with Crippen LogP contribution in [0.25, 0.3) is 0 Å². The Balaban J connectivity index is 1.91. The number of nitrogens with one attached hydrogen (secondary N) is 1. The van der Waals surface area contributed by atoms with Crippen LogP contribution in [-0.4, -0.2) is 34.8 Å². The van der Waals surface area contributed by atoms with Crippen LogP contribution in [0.4, 0.5) is 0 Å². The fraction of sp³-hybridized carbons (Fsp3) is 0.800. The minimum atomic E-state index is 0.433. The van der Waals surface area contributed by atoms with E-state index in [-0.39, 0.29) is 0 Å². The summed E-state index contributed by atoms with van der Waals surface area (Å²) in [6, 6.07) is 0.473. The Morgan fingerprint density at radius 1 is 1.47 bits per heavy atom. The largest absolute Gasteiger partial charge is 0.378 e. The van der Waals surface area contributed by atoms with E-state index < -0.39 is 0 Å². The van der Waals surface area contributed by atoms with Gasteiger partial charge in [0, 0.05) is 38.0 Å². The molecule has 1 aliphatic rings. The standard InChI is InChI=1S/C15H27N3O/c1-3-16-13(11-14-7-5-6-10-19-14)12-15-17-8-9-18(15)4-2/h8-9,13-14,16H,3-7,10-12H2,1-2H3. The lowest BCUT2D eigenvalue weighted by Crippen LogP contribution is -2.37. The van der Waals surface area contributed by atoms with Crippen LogP contribution in [-0.2, 0) is 17.7 Å². The minimum Gasteiger partial charge on any atom is -0.378 e. The molecule has 0 bridgehead atoms. The zero-order chi connectivity index (χ0) is 13.5. The Bertz CT molecular complexity index is 358. The average Bonchev–Trinajstić information content (AvgIpc) is 2.87. The van der Waals surface area contributed by atoms with E-state index in [4.69, 9.17) is 4.74 Å². The molecule has 0 aromatic carbocycles. The lowest BCUT2D eigenvalue weighted by atomic mass is 9.99. The van der Waals surface area contributed by atoms with E-state index in [1.165, 1.54) is 25.1 Å². The lowest BCUT2D eigenvalue weighted by molar-refractivity contribution is 0.00520. The van der Waals surface area contributed by atoms with Gasteiger partial charge in [0.15, 0.2) is 0 Å². The summed E-state index contributed by atoms with van der Waals surface area (Å²) < 4.78 is 8.09. The third-order valence-electron chi connectivity index (χ3n) is 3.89. The second-order valence-electron chi connectivity index (χ2n) is 5.31. The van der Waals surface area contributed by atoms with E-state index in [9.17, 15) is 0 Å². The van der Waals surface area contributed by atoms with Crippen molar-refractivity contribution < 1.29 is 4.74 Å². The van der Waals surface area contributed by atoms with Crippen LogP contribution in [0, 0.1) is 0 Å². The number of ether oxygens (including phenoxy) is 1. The van der Waals surface area contributed by atoms with Crippen LogP contribution in [0.5, 0.6) is 0 Å². The van der Waals surface area contributed by atoms with Gasteiger partial charge in [-0.05, 0) is 39.2 Å². The number of nitrogens with zero attached hydrogens (tertiary/aromatic N) is 2. The molecule has 2 rings (SSSR count). The summed E-state index contributed by atoms with van der Waals surface area (Å²) in [4.78, 5) is 4.48. The van der Waals surface area contributed by atoms with Gasteiger partial charge in [0.05, 0.1) is 6.10 Å². The first-order valence-corrected chi connectivity index (χ1v) is 7.68. The first kappa shape index (κ1) is 14.5. The second-order valence-corrected chi connectivity index (χ2v) is 5.31. The molecule has 1 fully saturated rings. The number of rotatable bonds is 7. The molecule has 1 N–H and O–H groups in total. The summed E-state index contributed by atoms with van der Waals surface area (Å²) in [5.41, 5.74) is 0. The summed E-state index contributed by atoms with van der Waals surface area (Å²) >= 11 is 0. The van der Waals surface area contributed by atoms with Crippen molar-refractivity contribution in [3.63, 3.8) is 0 Å². The van der Waals surface area contributed by atoms with E-state index in [1.54, 1.807) is 0 Å². The van der Waals surface area contributed by atoms with Crippen molar-refractivity contribution in [1.82, 2.24) is 14.9 Å². The number of hydrogen-bond acceptors (Lipinski definition) is 3. The fourth-order valence-corrected chi connectivity index (χ4v) is 2.88. The summed E-state index contributed by atoms with van der Waals surface area (Å²) in [6.07, 6.45) is 10.2. The highest BCUT2D eigenvalue weighted by molar-refractivity contribution is 4.96. The first-order chi connectivity index (χ1) is 9.33. The average molecular weight is 265 g/mol. The lowest BCUT2D eigenvalue weighted by Gasteiger charge is -2.27. The number of imidazole rings is 1. The van der Waals surface area contributed by atoms with Crippen LogP contribution < -0.4 is 5.32 Å². The molecule has 0 saturated carbocycles. The molecule has 1 saturated heterocycles. The Morgan fingerprint density at radius 2 is 2.37 bits per heavy atom. The van der Waals surface area contributed by atoms with E-state index in [0.717, 1.165) is 32.5 Å². The first-order valence-electron chi connectivity index (χ1n) is 7.68. The van der Waals surface area contributed by atoms with Gasteiger partial charge in [-0.25, -0.2) is 4.98 Å². The number of aromatic nitrogens is 2. The van der Waals surface area contributed by atoms with Crippen LogP contribution in [0.15, 0.2) is 12.4 Å². The van der Waals surface area contributed by atoms with E-state index in [1.807, 2.05) is 6.20 Å². The molecule has 2 unspecified atom stereocenters. The summed E-state index contributed by atoms with van der Waals surface area (Å²) in [5, 5.41) is 3.59. The van der Waals surface area contributed by atoms with Gasteiger partial charge in [-0.15, -0.1) is 0 Å². The van der Waals surface area contributed by atoms with Gasteiger partial charge in [-0.3, -0.25) is 0 Å². The van der Waals surface area contributed by atoms with Gasteiger partial charge >= 0.3 is 0 Å². The van der Waals surface area contributed by atoms with Gasteiger partial charge < -0.3 is 14.6 Å². The molecular formula is C15H27N3O. The fourth-order valence-electron chi connectivity index (χ4n) is 2.88. The van der Waals surface area contributed by atoms with E-state index >= 15 is 0 Å². The molecule has 19 heavy (non-hydrogen) atoms. The van der Waals surface area contributed by atoms with Crippen molar-refractivity contribution in [3.8, 4) is 0 Å². The number of hydrogen-bond donors (Lipinski definition) is 1. The number of aryl methyl sites for hydroxylation is 1. The van der Waals surface area contributed by atoms with Gasteiger partial charge in [-0.2, -0.15) is 0 Å². The summed E-state index contributed by atoms with van der Waals surface area (Å²) in [5.74, 6) is 1.18. The SMILES string of the molecule is CCNC(Cc1nccn1CC)CC1CCCCO1. The quantitative estimate of drug-likeness (QED) is 0.822. The Hall–Kier alpha value is -0.870. The maximum absolute atomic E-state index is 5.86. The zero-order valence-corrected chi connectivity index (χ0v) is 12.3. The predicted molar refractivity (Wildman–Crippen MR) is 77.3 cm³/mol. The highest BCUT2D eigenvalue weighted by atomic mass is 16.5. The van der Waals surface area contributed by atoms with Crippen LogP contribution >= 0.6 is 0 Å². The Labute approximate surface area is 116 Å². The van der Waals surface area contributed by atoms with Crippen molar-refractivity contribution in [2.75, 3.05) is 13.2 Å². The number of likely N-dealkylation sites (N-methyl/N-ethyl adjacent to an activating group) is 1. The molecule has 108 valence electrons. The molecule has 4 heteroatoms. The van der Waals surface area contributed by atoms with Gasteiger partial charge in [-0.1, -0.05) is 6.92 Å². The third kappa shape index (κ3) is 4.32. The monoisotopic (exact) mass is 265 g/mol. The molecule has 0 spiro atoms. The highest BCUT2D eigenvalue weighted by Crippen LogP contribution is 2.18. The van der Waals surface area contributed by atoms with Crippen molar-refractivity contribution in [1.29, 1.82) is 0 Å². The van der Waals surface area contributed by atoms with Crippen molar-refractivity contribution >= 4 is 0 Å². The molecule has 1 aromatic heterocycles. The zero-order valence-electron chi connectivity index (χ0n) is 12.3. The molecule has 4 nitrogen and oxygen atoms in total. The second kappa shape index (κ2) is 7.65. The van der Waals surface area contributed by atoms with E-state index in [0.29, 0.717) is 12.1 Å². The third-order valence-corrected chi connectivity index (χ3v) is 3.89. The topological polar surface area (TPSA) is 39.1 Å². The van der Waals surface area contributed by atoms with Gasteiger partial charge in [0.2, 0.25) is 0 Å². The molecule has 1 aromatic rings. The van der Waals surface area contributed by atoms with Crippen molar-refractivity contribution in [3.05, 3.63) is 18.2 Å². The molecule has 0 radical (unpaired) electrons. The highest BCUT2D eigenvalue weighted by Gasteiger charge is 2.20. The molecule has 2 heterocycles. The smallest absolute Gasteiger partial charge is 0.110 e. The predicted octanol–water partition coefficient (Wildman–Crippen LogP) is 2.38. The normalized spacial score (nSPS) is 21.5. The molecule has 2 atom stereocenters. The van der Waals surface area contributed by atoms with E-state index in [2.05, 4.69) is 34.9 Å². The minimum absolute atomic E-state index is 0.433. The molecule has 0 aliphatic carbocycles. The van der Waals surface area contributed by atoms with Crippen molar-refractivity contribution in [2.24, 2.45) is 0 Å². The molecular weight excluding hydrogens is 238 g/mol. The Morgan fingerprint density at radius 3 is 3.05 bits per heavy atom.